The van der Waals surface area contributed by atoms with Crippen molar-refractivity contribution in [3.8, 4) is 0 Å². The van der Waals surface area contributed by atoms with Crippen LogP contribution >= 0.6 is 0 Å². The van der Waals surface area contributed by atoms with E-state index in [1.165, 1.54) is 22.3 Å². The van der Waals surface area contributed by atoms with Crippen molar-refractivity contribution >= 4 is 11.4 Å². The maximum absolute atomic E-state index is 4.15. The van der Waals surface area contributed by atoms with Gasteiger partial charge in [-0.05, 0) is 44.0 Å². The molecule has 0 bridgehead atoms. The van der Waals surface area contributed by atoms with E-state index in [1.807, 2.05) is 26.0 Å². The van der Waals surface area contributed by atoms with Crippen LogP contribution in [0.25, 0.3) is 5.70 Å². The van der Waals surface area contributed by atoms with Gasteiger partial charge in [-0.2, -0.15) is 0 Å². The first-order valence-corrected chi connectivity index (χ1v) is 7.17. The van der Waals surface area contributed by atoms with Crippen molar-refractivity contribution in [1.82, 2.24) is 0 Å². The van der Waals surface area contributed by atoms with E-state index in [4.69, 9.17) is 0 Å². The fourth-order valence-corrected chi connectivity index (χ4v) is 2.00. The smallest absolute Gasteiger partial charge is 0.0413 e. The minimum Gasteiger partial charge on any atom is -0.355 e. The van der Waals surface area contributed by atoms with Gasteiger partial charge in [-0.3, -0.25) is 0 Å². The zero-order valence-corrected chi connectivity index (χ0v) is 13.2. The second-order valence-electron chi connectivity index (χ2n) is 4.74. The van der Waals surface area contributed by atoms with Crippen molar-refractivity contribution in [3.05, 3.63) is 71.3 Å². The molecule has 20 heavy (non-hydrogen) atoms. The van der Waals surface area contributed by atoms with Gasteiger partial charge in [0.2, 0.25) is 0 Å². The number of hydrogen-bond donors (Lipinski definition) is 1. The average molecular weight is 267 g/mol. The Balaban J connectivity index is 0.000000956. The van der Waals surface area contributed by atoms with Crippen LogP contribution in [0.2, 0.25) is 0 Å². The van der Waals surface area contributed by atoms with Crippen molar-refractivity contribution in [1.29, 1.82) is 0 Å². The molecule has 0 radical (unpaired) electrons. The number of hydrogen-bond acceptors (Lipinski definition) is 1. The van der Waals surface area contributed by atoms with Gasteiger partial charge >= 0.3 is 0 Å². The van der Waals surface area contributed by atoms with E-state index in [1.54, 1.807) is 0 Å². The Hall–Kier alpha value is -2.02. The minimum absolute atomic E-state index is 0.950. The van der Waals surface area contributed by atoms with E-state index in [-0.39, 0.29) is 0 Å². The molecule has 0 fully saturated rings. The highest BCUT2D eigenvalue weighted by atomic mass is 14.9. The molecule has 0 spiro atoms. The molecule has 0 saturated carbocycles. The topological polar surface area (TPSA) is 12.0 Å². The van der Waals surface area contributed by atoms with Gasteiger partial charge in [0.15, 0.2) is 0 Å². The Kier molecular flexibility index (Phi) is 6.05. The quantitative estimate of drug-likeness (QED) is 0.749. The van der Waals surface area contributed by atoms with Crippen LogP contribution in [-0.2, 0) is 0 Å². The lowest BCUT2D eigenvalue weighted by Gasteiger charge is -2.14. The molecule has 0 heterocycles. The third-order valence-corrected chi connectivity index (χ3v) is 3.15. The van der Waals surface area contributed by atoms with E-state index < -0.39 is 0 Å². The maximum atomic E-state index is 4.15. The molecule has 0 aliphatic rings. The Labute approximate surface area is 123 Å². The van der Waals surface area contributed by atoms with Crippen molar-refractivity contribution in [2.45, 2.75) is 34.6 Å². The Morgan fingerprint density at radius 2 is 1.55 bits per heavy atom. The third-order valence-electron chi connectivity index (χ3n) is 3.15. The molecular formula is C19H25N. The molecular weight excluding hydrogens is 242 g/mol. The first-order chi connectivity index (χ1) is 9.58. The highest BCUT2D eigenvalue weighted by Crippen LogP contribution is 2.23. The normalized spacial score (nSPS) is 9.45. The first kappa shape index (κ1) is 16.0. The standard InChI is InChI=1S/C17H19N.C2H6/c1-12-9-10-13(2)16(11-12)15(4)18-17-8-6-5-7-14(17)3;1-2/h5-11,18H,4H2,1-3H3;1-2H3. The predicted molar refractivity (Wildman–Crippen MR) is 91.1 cm³/mol. The molecule has 2 aromatic carbocycles. The van der Waals surface area contributed by atoms with Gasteiger partial charge in [0.1, 0.15) is 0 Å². The van der Waals surface area contributed by atoms with Crippen molar-refractivity contribution < 1.29 is 0 Å². The van der Waals surface area contributed by atoms with Gasteiger partial charge in [0, 0.05) is 16.9 Å². The molecule has 2 aromatic rings. The average Bonchev–Trinajstić information content (AvgIpc) is 2.46. The van der Waals surface area contributed by atoms with E-state index in [9.17, 15) is 0 Å². The predicted octanol–water partition coefficient (Wildman–Crippen LogP) is 5.72. The number of anilines is 1. The molecule has 1 heteroatoms. The second kappa shape index (κ2) is 7.54. The molecule has 0 aliphatic carbocycles. The summed E-state index contributed by atoms with van der Waals surface area (Å²) in [6, 6.07) is 14.7. The summed E-state index contributed by atoms with van der Waals surface area (Å²) in [5, 5.41) is 3.40. The van der Waals surface area contributed by atoms with Crippen LogP contribution in [0, 0.1) is 20.8 Å². The monoisotopic (exact) mass is 267 g/mol. The van der Waals surface area contributed by atoms with Gasteiger partial charge in [-0.25, -0.2) is 0 Å². The highest BCUT2D eigenvalue weighted by molar-refractivity contribution is 5.78. The van der Waals surface area contributed by atoms with Gasteiger partial charge < -0.3 is 5.32 Å². The summed E-state index contributed by atoms with van der Waals surface area (Å²) in [5.74, 6) is 0. The number of benzene rings is 2. The van der Waals surface area contributed by atoms with Gasteiger partial charge in [-0.1, -0.05) is 56.3 Å². The van der Waals surface area contributed by atoms with Gasteiger partial charge in [-0.15, -0.1) is 0 Å². The van der Waals surface area contributed by atoms with Crippen molar-refractivity contribution in [2.75, 3.05) is 5.32 Å². The summed E-state index contributed by atoms with van der Waals surface area (Å²) in [6.07, 6.45) is 0. The van der Waals surface area contributed by atoms with Crippen LogP contribution in [-0.4, -0.2) is 0 Å². The van der Waals surface area contributed by atoms with Crippen LogP contribution in [0.5, 0.6) is 0 Å². The third kappa shape index (κ3) is 3.99. The second-order valence-corrected chi connectivity index (χ2v) is 4.74. The lowest BCUT2D eigenvalue weighted by Crippen LogP contribution is -2.01. The molecule has 0 unspecified atom stereocenters. The lowest BCUT2D eigenvalue weighted by atomic mass is 10.0. The Bertz CT molecular complexity index is 582. The summed E-state index contributed by atoms with van der Waals surface area (Å²) >= 11 is 0. The zero-order valence-electron chi connectivity index (χ0n) is 13.2. The summed E-state index contributed by atoms with van der Waals surface area (Å²) in [5.41, 5.74) is 6.96. The number of para-hydroxylation sites is 1. The number of nitrogens with one attached hydrogen (secondary N) is 1. The van der Waals surface area contributed by atoms with Gasteiger partial charge in [0.25, 0.3) is 0 Å². The lowest BCUT2D eigenvalue weighted by molar-refractivity contribution is 1.35. The minimum atomic E-state index is 0.950. The molecule has 1 nitrogen and oxygen atoms in total. The first-order valence-electron chi connectivity index (χ1n) is 7.17. The number of aryl methyl sites for hydroxylation is 3. The zero-order chi connectivity index (χ0) is 15.1. The van der Waals surface area contributed by atoms with Crippen LogP contribution in [0.15, 0.2) is 49.0 Å². The summed E-state index contributed by atoms with van der Waals surface area (Å²) in [6.45, 7) is 14.5. The molecule has 0 atom stereocenters. The van der Waals surface area contributed by atoms with Crippen molar-refractivity contribution in [2.24, 2.45) is 0 Å². The van der Waals surface area contributed by atoms with Crippen LogP contribution in [0.1, 0.15) is 36.1 Å². The summed E-state index contributed by atoms with van der Waals surface area (Å²) in [7, 11) is 0. The Morgan fingerprint density at radius 1 is 0.900 bits per heavy atom. The fourth-order valence-electron chi connectivity index (χ4n) is 2.00. The summed E-state index contributed by atoms with van der Waals surface area (Å²) in [4.78, 5) is 0. The fraction of sp³-hybridized carbons (Fsp3) is 0.263. The van der Waals surface area contributed by atoms with E-state index in [0.29, 0.717) is 0 Å². The van der Waals surface area contributed by atoms with Crippen LogP contribution < -0.4 is 5.32 Å². The number of rotatable bonds is 3. The Morgan fingerprint density at radius 3 is 2.20 bits per heavy atom. The van der Waals surface area contributed by atoms with Gasteiger partial charge in [0.05, 0.1) is 0 Å². The molecule has 106 valence electrons. The molecule has 0 amide bonds. The molecule has 0 saturated heterocycles. The molecule has 0 aliphatic heterocycles. The largest absolute Gasteiger partial charge is 0.355 e. The maximum Gasteiger partial charge on any atom is 0.0413 e. The van der Waals surface area contributed by atoms with E-state index >= 15 is 0 Å². The molecule has 2 rings (SSSR count). The highest BCUT2D eigenvalue weighted by Gasteiger charge is 2.04. The van der Waals surface area contributed by atoms with Crippen LogP contribution in [0.3, 0.4) is 0 Å². The summed E-state index contributed by atoms with van der Waals surface area (Å²) < 4.78 is 0. The van der Waals surface area contributed by atoms with E-state index in [0.717, 1.165) is 11.4 Å². The van der Waals surface area contributed by atoms with E-state index in [2.05, 4.69) is 63.0 Å². The van der Waals surface area contributed by atoms with Crippen molar-refractivity contribution in [3.63, 3.8) is 0 Å². The van der Waals surface area contributed by atoms with Crippen LogP contribution in [0.4, 0.5) is 5.69 Å². The molecule has 0 aromatic heterocycles. The molecule has 1 N–H and O–H groups in total. The SMILES string of the molecule is C=C(Nc1ccccc1C)c1cc(C)ccc1C.CC.